The highest BCUT2D eigenvalue weighted by atomic mass is 79.9. The molecule has 25 heavy (non-hydrogen) atoms. The number of primary amides is 1. The molecule has 0 spiro atoms. The van der Waals surface area contributed by atoms with Crippen LogP contribution in [0.25, 0.3) is 5.52 Å². The van der Waals surface area contributed by atoms with E-state index in [0.717, 1.165) is 34.9 Å². The Morgan fingerprint density at radius 2 is 2.04 bits per heavy atom. The summed E-state index contributed by atoms with van der Waals surface area (Å²) in [7, 11) is 0. The average Bonchev–Trinajstić information content (AvgIpc) is 2.89. The zero-order valence-electron chi connectivity index (χ0n) is 13.8. The van der Waals surface area contributed by atoms with Crippen molar-refractivity contribution in [1.29, 1.82) is 0 Å². The topological polar surface area (TPSA) is 92.7 Å². The van der Waals surface area contributed by atoms with Crippen LogP contribution in [-0.4, -0.2) is 32.3 Å². The zero-order valence-corrected chi connectivity index (χ0v) is 15.4. The molecular weight excluding hydrogens is 384 g/mol. The first-order valence-corrected chi connectivity index (χ1v) is 9.67. The smallest absolute Gasteiger partial charge is 0.269 e. The van der Waals surface area contributed by atoms with E-state index in [4.69, 9.17) is 5.73 Å². The van der Waals surface area contributed by atoms with Gasteiger partial charge in [-0.1, -0.05) is 0 Å². The van der Waals surface area contributed by atoms with Crippen LogP contribution in [0.4, 0.5) is 5.69 Å². The van der Waals surface area contributed by atoms with E-state index < -0.39 is 11.5 Å². The molecule has 0 radical (unpaired) electrons. The summed E-state index contributed by atoms with van der Waals surface area (Å²) in [4.78, 5) is 11.7. The highest BCUT2D eigenvalue weighted by molar-refractivity contribution is 9.10. The molecule has 0 saturated heterocycles. The van der Waals surface area contributed by atoms with Gasteiger partial charge in [-0.25, -0.2) is 4.52 Å². The lowest BCUT2D eigenvalue weighted by molar-refractivity contribution is -0.129. The fourth-order valence-corrected chi connectivity index (χ4v) is 6.10. The molecule has 6 rings (SSSR count). The van der Waals surface area contributed by atoms with Gasteiger partial charge in [-0.15, -0.1) is 0 Å². The molecular formula is C18H21BrN4O2. The Kier molecular flexibility index (Phi) is 3.26. The molecule has 7 heteroatoms. The molecule has 4 bridgehead atoms. The summed E-state index contributed by atoms with van der Waals surface area (Å²) in [5.74, 6) is 1.11. The fourth-order valence-electron chi connectivity index (χ4n) is 5.69. The third-order valence-corrected chi connectivity index (χ3v) is 6.79. The molecule has 6 nitrogen and oxygen atoms in total. The first-order chi connectivity index (χ1) is 11.9. The van der Waals surface area contributed by atoms with Gasteiger partial charge >= 0.3 is 0 Å². The van der Waals surface area contributed by atoms with Crippen molar-refractivity contribution in [3.63, 3.8) is 0 Å². The Hall–Kier alpha value is -1.60. The largest absolute Gasteiger partial charge is 0.390 e. The van der Waals surface area contributed by atoms with Gasteiger partial charge in [-0.2, -0.15) is 5.10 Å². The number of hydrogen-bond acceptors (Lipinski definition) is 4. The SMILES string of the molecule is NC(=O)c1cc(NC2C3CC4CC2CC(O)(C4)C3)c2cc(Br)cn2n1. The molecule has 0 aliphatic heterocycles. The monoisotopic (exact) mass is 404 g/mol. The summed E-state index contributed by atoms with van der Waals surface area (Å²) in [6.45, 7) is 0. The normalized spacial score (nSPS) is 36.1. The Bertz CT molecular complexity index is 863. The standard InChI is InChI=1S/C18H21BrN4O2/c19-12-3-15-13(4-14(17(20)24)22-23(15)8-12)21-16-10-1-9-2-11(16)7-18(25,5-9)6-10/h3-4,8-11,16,21,25H,1-2,5-7H2,(H2,20,24). The molecule has 2 aromatic rings. The van der Waals surface area contributed by atoms with Crippen LogP contribution in [0.5, 0.6) is 0 Å². The highest BCUT2D eigenvalue weighted by Crippen LogP contribution is 2.56. The Balaban J connectivity index is 1.53. The minimum absolute atomic E-state index is 0.251. The first-order valence-electron chi connectivity index (χ1n) is 8.88. The van der Waals surface area contributed by atoms with Crippen LogP contribution in [0.3, 0.4) is 0 Å². The summed E-state index contributed by atoms with van der Waals surface area (Å²) >= 11 is 3.48. The molecule has 0 aromatic carbocycles. The van der Waals surface area contributed by atoms with E-state index in [1.807, 2.05) is 12.3 Å². The van der Waals surface area contributed by atoms with Crippen LogP contribution in [0.2, 0.25) is 0 Å². The Labute approximate surface area is 153 Å². The van der Waals surface area contributed by atoms with E-state index in [1.165, 1.54) is 12.8 Å². The van der Waals surface area contributed by atoms with Crippen molar-refractivity contribution in [3.8, 4) is 0 Å². The summed E-state index contributed by atoms with van der Waals surface area (Å²) in [5.41, 5.74) is 7.07. The molecule has 4 aliphatic rings. The maximum absolute atomic E-state index is 11.7. The van der Waals surface area contributed by atoms with E-state index in [0.29, 0.717) is 23.8 Å². The molecule has 2 atom stereocenters. The predicted octanol–water partition coefficient (Wildman–Crippen LogP) is 2.55. The number of nitrogens with zero attached hydrogens (tertiary/aromatic N) is 2. The van der Waals surface area contributed by atoms with Crippen molar-refractivity contribution in [3.05, 3.63) is 28.5 Å². The van der Waals surface area contributed by atoms with E-state index in [2.05, 4.69) is 26.3 Å². The number of carbonyl (C=O) groups is 1. The lowest BCUT2D eigenvalue weighted by atomic mass is 9.52. The van der Waals surface area contributed by atoms with Gasteiger partial charge in [0.15, 0.2) is 5.69 Å². The molecule has 4 N–H and O–H groups in total. The van der Waals surface area contributed by atoms with E-state index in [9.17, 15) is 9.90 Å². The Morgan fingerprint density at radius 1 is 1.32 bits per heavy atom. The van der Waals surface area contributed by atoms with Crippen molar-refractivity contribution in [2.75, 3.05) is 5.32 Å². The quantitative estimate of drug-likeness (QED) is 0.732. The fraction of sp³-hybridized carbons (Fsp3) is 0.556. The molecule has 2 aromatic heterocycles. The third-order valence-electron chi connectivity index (χ3n) is 6.35. The lowest BCUT2D eigenvalue weighted by Gasteiger charge is -2.58. The number of nitrogens with two attached hydrogens (primary N) is 1. The second-order valence-corrected chi connectivity index (χ2v) is 9.08. The summed E-state index contributed by atoms with van der Waals surface area (Å²) < 4.78 is 2.60. The van der Waals surface area contributed by atoms with Gasteiger partial charge in [0.1, 0.15) is 0 Å². The molecule has 132 valence electrons. The Morgan fingerprint density at radius 3 is 2.68 bits per heavy atom. The first kappa shape index (κ1) is 15.6. The van der Waals surface area contributed by atoms with Crippen LogP contribution in [-0.2, 0) is 0 Å². The number of halogens is 1. The van der Waals surface area contributed by atoms with E-state index in [1.54, 1.807) is 10.6 Å². The van der Waals surface area contributed by atoms with Crippen LogP contribution < -0.4 is 11.1 Å². The number of amides is 1. The predicted molar refractivity (Wildman–Crippen MR) is 97.3 cm³/mol. The summed E-state index contributed by atoms with van der Waals surface area (Å²) in [5, 5.41) is 18.7. The van der Waals surface area contributed by atoms with Crippen molar-refractivity contribution in [1.82, 2.24) is 9.61 Å². The zero-order chi connectivity index (χ0) is 17.3. The molecule has 4 fully saturated rings. The van der Waals surface area contributed by atoms with Crippen LogP contribution in [0.15, 0.2) is 22.8 Å². The van der Waals surface area contributed by atoms with E-state index >= 15 is 0 Å². The molecule has 2 unspecified atom stereocenters. The van der Waals surface area contributed by atoms with Crippen molar-refractivity contribution < 1.29 is 9.90 Å². The van der Waals surface area contributed by atoms with Gasteiger partial charge in [-0.05, 0) is 77.9 Å². The van der Waals surface area contributed by atoms with Gasteiger partial charge < -0.3 is 16.2 Å². The number of aromatic nitrogens is 2. The highest BCUT2D eigenvalue weighted by Gasteiger charge is 2.54. The number of fused-ring (bicyclic) bond motifs is 1. The summed E-state index contributed by atoms with van der Waals surface area (Å²) in [6.07, 6.45) is 6.94. The molecule has 4 saturated carbocycles. The minimum atomic E-state index is -0.533. The van der Waals surface area contributed by atoms with Gasteiger partial charge in [0.2, 0.25) is 0 Å². The lowest BCUT2D eigenvalue weighted by Crippen LogP contribution is -2.59. The van der Waals surface area contributed by atoms with Gasteiger partial charge in [0.05, 0.1) is 16.8 Å². The van der Waals surface area contributed by atoms with Crippen LogP contribution in [0, 0.1) is 17.8 Å². The average molecular weight is 405 g/mol. The van der Waals surface area contributed by atoms with Gasteiger partial charge in [0.25, 0.3) is 5.91 Å². The maximum Gasteiger partial charge on any atom is 0.269 e. The maximum atomic E-state index is 11.7. The number of rotatable bonds is 3. The number of nitrogens with one attached hydrogen (secondary N) is 1. The van der Waals surface area contributed by atoms with Gasteiger partial charge in [-0.3, -0.25) is 4.79 Å². The van der Waals surface area contributed by atoms with E-state index in [-0.39, 0.29) is 5.69 Å². The van der Waals surface area contributed by atoms with Crippen LogP contribution >= 0.6 is 15.9 Å². The third kappa shape index (κ3) is 2.47. The second-order valence-electron chi connectivity index (χ2n) is 8.16. The van der Waals surface area contributed by atoms with Crippen LogP contribution in [0.1, 0.15) is 42.6 Å². The number of hydrogen-bond donors (Lipinski definition) is 3. The van der Waals surface area contributed by atoms with Crippen molar-refractivity contribution in [2.45, 2.75) is 43.7 Å². The number of carbonyl (C=O) groups excluding carboxylic acids is 1. The molecule has 1 amide bonds. The number of aliphatic hydroxyl groups is 1. The van der Waals surface area contributed by atoms with Gasteiger partial charge in [0, 0.05) is 16.7 Å². The number of anilines is 1. The van der Waals surface area contributed by atoms with Crippen molar-refractivity contribution >= 4 is 33.0 Å². The molecule has 4 aliphatic carbocycles. The minimum Gasteiger partial charge on any atom is -0.390 e. The molecule has 2 heterocycles. The second kappa shape index (κ2) is 5.20. The summed E-state index contributed by atoms with van der Waals surface area (Å²) in [6, 6.07) is 4.07. The van der Waals surface area contributed by atoms with Crippen molar-refractivity contribution in [2.24, 2.45) is 23.5 Å².